The van der Waals surface area contributed by atoms with E-state index in [4.69, 9.17) is 10.8 Å². The maximum absolute atomic E-state index is 11.1. The Bertz CT molecular complexity index is 256. The number of carboxylic acids is 1. The van der Waals surface area contributed by atoms with E-state index < -0.39 is 5.97 Å². The maximum Gasteiger partial charge on any atom is 0.308 e. The summed E-state index contributed by atoms with van der Waals surface area (Å²) in [5.74, 6) is 0.141. The van der Waals surface area contributed by atoms with E-state index in [-0.39, 0.29) is 23.3 Å². The molecular weight excluding hydrogens is 178 g/mol. The minimum Gasteiger partial charge on any atom is -0.481 e. The molecule has 14 heavy (non-hydrogen) atoms. The second-order valence-electron chi connectivity index (χ2n) is 5.57. The Hall–Kier alpha value is -0.570. The van der Waals surface area contributed by atoms with Crippen molar-refractivity contribution in [1.29, 1.82) is 0 Å². The molecule has 0 aromatic carbocycles. The van der Waals surface area contributed by atoms with Gasteiger partial charge in [-0.2, -0.15) is 0 Å². The molecule has 0 saturated heterocycles. The number of carboxylic acid groups (broad SMARTS) is 1. The first-order valence-electron chi connectivity index (χ1n) is 5.35. The maximum atomic E-state index is 11.1. The highest BCUT2D eigenvalue weighted by atomic mass is 16.4. The van der Waals surface area contributed by atoms with Crippen LogP contribution >= 0.6 is 0 Å². The molecule has 3 heteroatoms. The molecule has 3 saturated carbocycles. The molecule has 3 rings (SSSR count). The van der Waals surface area contributed by atoms with E-state index in [1.54, 1.807) is 0 Å². The number of hydrogen-bond donors (Lipinski definition) is 2. The normalized spacial score (nSPS) is 49.6. The van der Waals surface area contributed by atoms with Crippen LogP contribution in [0, 0.1) is 29.1 Å². The molecule has 0 amide bonds. The van der Waals surface area contributed by atoms with Crippen LogP contribution < -0.4 is 5.73 Å². The van der Waals surface area contributed by atoms with E-state index in [9.17, 15) is 4.79 Å². The smallest absolute Gasteiger partial charge is 0.308 e. The van der Waals surface area contributed by atoms with E-state index in [0.29, 0.717) is 11.8 Å². The molecule has 3 nitrogen and oxygen atoms in total. The fraction of sp³-hybridized carbons (Fsp3) is 0.909. The highest BCUT2D eigenvalue weighted by Gasteiger charge is 2.61. The molecule has 0 radical (unpaired) electrons. The molecule has 0 aromatic heterocycles. The zero-order valence-corrected chi connectivity index (χ0v) is 9.03. The number of rotatable bonds is 1. The van der Waals surface area contributed by atoms with Crippen molar-refractivity contribution in [3.05, 3.63) is 0 Å². The molecule has 3 aliphatic carbocycles. The third-order valence-electron chi connectivity index (χ3n) is 4.78. The number of hydrogen-bond acceptors (Lipinski definition) is 2. The van der Waals surface area contributed by atoms with Crippen LogP contribution in [-0.2, 0) is 4.79 Å². The summed E-state index contributed by atoms with van der Waals surface area (Å²) < 4.78 is 0. The molecule has 0 unspecified atom stereocenters. The highest BCUT2D eigenvalue weighted by molar-refractivity contribution is 5.72. The van der Waals surface area contributed by atoms with Crippen LogP contribution in [0.2, 0.25) is 0 Å². The average molecular weight is 197 g/mol. The highest BCUT2D eigenvalue weighted by Crippen LogP contribution is 2.62. The van der Waals surface area contributed by atoms with E-state index in [1.807, 2.05) is 6.92 Å². The van der Waals surface area contributed by atoms with Gasteiger partial charge in [-0.15, -0.1) is 0 Å². The first kappa shape index (κ1) is 9.97. The van der Waals surface area contributed by atoms with Gasteiger partial charge in [0.05, 0.1) is 5.92 Å². The standard InChI is InChI=1S/C11H19NO2/c1-5-6-4-7(11(6,2)3)9(12)8(5)10(13)14/h5-9H,4,12H2,1-3H3,(H,13,14)/t5-,6-,7+,8+,9-/m1/s1. The third kappa shape index (κ3) is 0.991. The van der Waals surface area contributed by atoms with Crippen molar-refractivity contribution in [3.8, 4) is 0 Å². The first-order chi connectivity index (χ1) is 6.37. The summed E-state index contributed by atoms with van der Waals surface area (Å²) in [6.45, 7) is 6.49. The molecular formula is C11H19NO2. The van der Waals surface area contributed by atoms with Gasteiger partial charge in [-0.1, -0.05) is 20.8 Å². The number of nitrogens with two attached hydrogens (primary N) is 1. The summed E-state index contributed by atoms with van der Waals surface area (Å²) in [6, 6.07) is -0.150. The lowest BCUT2D eigenvalue weighted by Crippen LogP contribution is -2.66. The Labute approximate surface area is 84.7 Å². The largest absolute Gasteiger partial charge is 0.481 e. The van der Waals surface area contributed by atoms with E-state index in [2.05, 4.69) is 13.8 Å². The van der Waals surface area contributed by atoms with Gasteiger partial charge < -0.3 is 10.8 Å². The van der Waals surface area contributed by atoms with Crippen molar-refractivity contribution in [2.24, 2.45) is 34.8 Å². The van der Waals surface area contributed by atoms with Gasteiger partial charge in [0.1, 0.15) is 0 Å². The minimum absolute atomic E-state index is 0.150. The molecule has 5 atom stereocenters. The topological polar surface area (TPSA) is 63.3 Å². The van der Waals surface area contributed by atoms with Crippen LogP contribution in [0.25, 0.3) is 0 Å². The molecule has 0 spiro atoms. The lowest BCUT2D eigenvalue weighted by Gasteiger charge is -2.63. The van der Waals surface area contributed by atoms with Crippen molar-refractivity contribution in [2.45, 2.75) is 33.2 Å². The summed E-state index contributed by atoms with van der Waals surface area (Å²) in [5, 5.41) is 9.11. The summed E-state index contributed by atoms with van der Waals surface area (Å²) in [6.07, 6.45) is 1.12. The summed E-state index contributed by atoms with van der Waals surface area (Å²) in [4.78, 5) is 11.1. The monoisotopic (exact) mass is 197 g/mol. The second kappa shape index (κ2) is 2.72. The first-order valence-corrected chi connectivity index (χ1v) is 5.35. The number of aliphatic carboxylic acids is 1. The quantitative estimate of drug-likeness (QED) is 0.666. The lowest BCUT2D eigenvalue weighted by molar-refractivity contribution is -0.173. The SMILES string of the molecule is C[C@H]1[C@H](C(=O)O)[C@H](N)[C@@H]2C[C@H]1C2(C)C. The Morgan fingerprint density at radius 2 is 2.00 bits per heavy atom. The fourth-order valence-corrected chi connectivity index (χ4v) is 3.78. The minimum atomic E-state index is -0.713. The van der Waals surface area contributed by atoms with Crippen molar-refractivity contribution < 1.29 is 9.90 Å². The summed E-state index contributed by atoms with van der Waals surface area (Å²) in [5.41, 5.74) is 6.30. The van der Waals surface area contributed by atoms with Gasteiger partial charge in [-0.05, 0) is 29.6 Å². The van der Waals surface area contributed by atoms with E-state index >= 15 is 0 Å². The predicted molar refractivity (Wildman–Crippen MR) is 53.6 cm³/mol. The predicted octanol–water partition coefficient (Wildman–Crippen LogP) is 1.33. The fourth-order valence-electron chi connectivity index (χ4n) is 3.78. The van der Waals surface area contributed by atoms with Crippen molar-refractivity contribution in [2.75, 3.05) is 0 Å². The molecule has 2 bridgehead atoms. The molecule has 3 fully saturated rings. The Kier molecular flexibility index (Phi) is 1.94. The summed E-state index contributed by atoms with van der Waals surface area (Å²) in [7, 11) is 0. The Balaban J connectivity index is 2.27. The Morgan fingerprint density at radius 1 is 1.43 bits per heavy atom. The van der Waals surface area contributed by atoms with Gasteiger partial charge in [0, 0.05) is 6.04 Å². The third-order valence-corrected chi connectivity index (χ3v) is 4.78. The van der Waals surface area contributed by atoms with Crippen LogP contribution in [0.4, 0.5) is 0 Å². The van der Waals surface area contributed by atoms with Gasteiger partial charge in [0.2, 0.25) is 0 Å². The van der Waals surface area contributed by atoms with Crippen LogP contribution in [-0.4, -0.2) is 17.1 Å². The van der Waals surface area contributed by atoms with Crippen molar-refractivity contribution >= 4 is 5.97 Å². The van der Waals surface area contributed by atoms with Crippen molar-refractivity contribution in [1.82, 2.24) is 0 Å². The zero-order chi connectivity index (χ0) is 10.7. The van der Waals surface area contributed by atoms with Crippen molar-refractivity contribution in [3.63, 3.8) is 0 Å². The van der Waals surface area contributed by atoms with Gasteiger partial charge in [0.15, 0.2) is 0 Å². The van der Waals surface area contributed by atoms with Crippen LogP contribution in [0.1, 0.15) is 27.2 Å². The second-order valence-corrected chi connectivity index (χ2v) is 5.57. The lowest BCUT2D eigenvalue weighted by atomic mass is 9.42. The average Bonchev–Trinajstić information content (AvgIpc) is 2.00. The van der Waals surface area contributed by atoms with Gasteiger partial charge >= 0.3 is 5.97 Å². The molecule has 3 N–H and O–H groups in total. The van der Waals surface area contributed by atoms with Gasteiger partial charge in [-0.3, -0.25) is 4.79 Å². The molecule has 0 aromatic rings. The van der Waals surface area contributed by atoms with E-state index in [0.717, 1.165) is 6.42 Å². The molecule has 0 heterocycles. The van der Waals surface area contributed by atoms with E-state index in [1.165, 1.54) is 0 Å². The van der Waals surface area contributed by atoms with Gasteiger partial charge in [-0.25, -0.2) is 0 Å². The van der Waals surface area contributed by atoms with Crippen LogP contribution in [0.5, 0.6) is 0 Å². The number of carbonyl (C=O) groups is 1. The van der Waals surface area contributed by atoms with Gasteiger partial charge in [0.25, 0.3) is 0 Å². The molecule has 0 aliphatic heterocycles. The zero-order valence-electron chi connectivity index (χ0n) is 9.03. The van der Waals surface area contributed by atoms with Crippen LogP contribution in [0.3, 0.4) is 0 Å². The molecule has 3 aliphatic rings. The number of fused-ring (bicyclic) bond motifs is 2. The van der Waals surface area contributed by atoms with Crippen LogP contribution in [0.15, 0.2) is 0 Å². The molecule has 80 valence electrons. The Morgan fingerprint density at radius 3 is 2.36 bits per heavy atom. The summed E-state index contributed by atoms with van der Waals surface area (Å²) >= 11 is 0.